The Kier molecular flexibility index (Phi) is 4.68. The van der Waals surface area contributed by atoms with E-state index in [9.17, 15) is 4.79 Å². The second-order valence-corrected chi connectivity index (χ2v) is 6.76. The lowest BCUT2D eigenvalue weighted by Gasteiger charge is -2.08. The van der Waals surface area contributed by atoms with Gasteiger partial charge in [0.1, 0.15) is 0 Å². The number of amidine groups is 1. The number of amides is 1. The molecule has 7 nitrogen and oxygen atoms in total. The fourth-order valence-corrected chi connectivity index (χ4v) is 3.29. The van der Waals surface area contributed by atoms with Crippen LogP contribution in [0.4, 0.5) is 17.5 Å². The maximum atomic E-state index is 11.4. The minimum Gasteiger partial charge on any atom is -0.324 e. The lowest BCUT2D eigenvalue weighted by Crippen LogP contribution is -2.19. The maximum Gasteiger partial charge on any atom is 0.236 e. The number of benzene rings is 2. The first-order valence-corrected chi connectivity index (χ1v) is 9.21. The molecule has 1 aromatic heterocycles. The van der Waals surface area contributed by atoms with Gasteiger partial charge in [-0.2, -0.15) is 10.2 Å². The second kappa shape index (κ2) is 7.43. The zero-order chi connectivity index (χ0) is 18.6. The summed E-state index contributed by atoms with van der Waals surface area (Å²) in [6, 6.07) is 17.3. The predicted octanol–water partition coefficient (Wildman–Crippen LogP) is 3.29. The van der Waals surface area contributed by atoms with Crippen molar-refractivity contribution < 1.29 is 4.79 Å². The van der Waals surface area contributed by atoms with Crippen LogP contribution in [0, 0.1) is 11.3 Å². The summed E-state index contributed by atoms with van der Waals surface area (Å²) in [5.74, 6) is 1.21. The quantitative estimate of drug-likeness (QED) is 0.726. The number of anilines is 2. The van der Waals surface area contributed by atoms with Crippen molar-refractivity contribution in [2.75, 3.05) is 11.1 Å². The van der Waals surface area contributed by atoms with E-state index >= 15 is 0 Å². The highest BCUT2D eigenvalue weighted by atomic mass is 32.2. The monoisotopic (exact) mass is 374 g/mol. The standard InChI is InChI=1S/C19H14N6OS/c20-10-9-12-5-7-13(8-6-12)21-18-22-15-4-2-1-3-14(15)17(24-18)25-19-23-16(26)11-27-19/h1-8H,9,11H2,(H2,21,22,23,24,25,26). The molecule has 0 radical (unpaired) electrons. The fourth-order valence-electron chi connectivity index (χ4n) is 2.61. The van der Waals surface area contributed by atoms with Crippen molar-refractivity contribution in [2.45, 2.75) is 6.42 Å². The molecule has 0 bridgehead atoms. The largest absolute Gasteiger partial charge is 0.324 e. The van der Waals surface area contributed by atoms with Crippen LogP contribution in [-0.4, -0.2) is 26.8 Å². The molecule has 0 atom stereocenters. The van der Waals surface area contributed by atoms with Gasteiger partial charge >= 0.3 is 0 Å². The summed E-state index contributed by atoms with van der Waals surface area (Å²) < 4.78 is 0. The Morgan fingerprint density at radius 2 is 2.00 bits per heavy atom. The van der Waals surface area contributed by atoms with Crippen molar-refractivity contribution in [1.29, 1.82) is 5.26 Å². The molecular formula is C19H14N6OS. The van der Waals surface area contributed by atoms with Crippen molar-refractivity contribution in [1.82, 2.24) is 15.3 Å². The first-order valence-electron chi connectivity index (χ1n) is 8.22. The first-order chi connectivity index (χ1) is 13.2. The molecule has 1 amide bonds. The number of fused-ring (bicyclic) bond motifs is 1. The Morgan fingerprint density at radius 1 is 1.19 bits per heavy atom. The molecule has 0 unspecified atom stereocenters. The number of hydrogen-bond donors (Lipinski definition) is 2. The topological polar surface area (TPSA) is 103 Å². The molecule has 2 aromatic carbocycles. The molecule has 132 valence electrons. The maximum absolute atomic E-state index is 11.4. The Balaban J connectivity index is 1.69. The Morgan fingerprint density at radius 3 is 2.74 bits per heavy atom. The van der Waals surface area contributed by atoms with Gasteiger partial charge in [-0.25, -0.2) is 9.98 Å². The van der Waals surface area contributed by atoms with Crippen LogP contribution in [0.5, 0.6) is 0 Å². The van der Waals surface area contributed by atoms with Crippen LogP contribution in [0.15, 0.2) is 53.5 Å². The molecule has 1 saturated heterocycles. The molecule has 4 rings (SSSR count). The highest BCUT2D eigenvalue weighted by Gasteiger charge is 2.17. The molecule has 1 aliphatic rings. The summed E-state index contributed by atoms with van der Waals surface area (Å²) in [7, 11) is 0. The summed E-state index contributed by atoms with van der Waals surface area (Å²) in [5, 5.41) is 16.0. The van der Waals surface area contributed by atoms with Gasteiger partial charge in [0.05, 0.1) is 23.8 Å². The van der Waals surface area contributed by atoms with E-state index in [2.05, 4.69) is 31.7 Å². The molecular weight excluding hydrogens is 360 g/mol. The third-order valence-corrected chi connectivity index (χ3v) is 4.74. The second-order valence-electron chi connectivity index (χ2n) is 5.80. The number of rotatable bonds is 4. The lowest BCUT2D eigenvalue weighted by molar-refractivity contribution is -0.116. The van der Waals surface area contributed by atoms with Gasteiger partial charge < -0.3 is 10.6 Å². The van der Waals surface area contributed by atoms with Gasteiger partial charge in [-0.05, 0) is 29.8 Å². The van der Waals surface area contributed by atoms with Crippen LogP contribution in [0.2, 0.25) is 0 Å². The average Bonchev–Trinajstić information content (AvgIpc) is 3.08. The number of nitrogens with zero attached hydrogens (tertiary/aromatic N) is 4. The average molecular weight is 374 g/mol. The first kappa shape index (κ1) is 17.0. The third kappa shape index (κ3) is 3.88. The smallest absolute Gasteiger partial charge is 0.236 e. The van der Waals surface area contributed by atoms with E-state index in [1.165, 1.54) is 11.8 Å². The number of aliphatic imine (C=N–C) groups is 1. The summed E-state index contributed by atoms with van der Waals surface area (Å²) >= 11 is 1.35. The zero-order valence-electron chi connectivity index (χ0n) is 14.1. The molecule has 2 heterocycles. The normalized spacial score (nSPS) is 14.9. The van der Waals surface area contributed by atoms with E-state index in [-0.39, 0.29) is 5.91 Å². The SMILES string of the molecule is N#CCc1ccc(Nc2nc(N=C3NC(=O)CS3)c3ccccc3n2)cc1. The number of carbonyl (C=O) groups excluding carboxylic acids is 1. The van der Waals surface area contributed by atoms with Crippen LogP contribution in [0.3, 0.4) is 0 Å². The van der Waals surface area contributed by atoms with Gasteiger partial charge in [0.25, 0.3) is 0 Å². The molecule has 2 N–H and O–H groups in total. The van der Waals surface area contributed by atoms with Gasteiger partial charge in [0.15, 0.2) is 11.0 Å². The van der Waals surface area contributed by atoms with E-state index in [1.54, 1.807) is 0 Å². The van der Waals surface area contributed by atoms with Crippen molar-refractivity contribution >= 4 is 51.2 Å². The van der Waals surface area contributed by atoms with E-state index in [0.717, 1.165) is 22.2 Å². The zero-order valence-corrected chi connectivity index (χ0v) is 15.0. The van der Waals surface area contributed by atoms with Gasteiger partial charge in [0, 0.05) is 11.1 Å². The van der Waals surface area contributed by atoms with E-state index in [4.69, 9.17) is 5.26 Å². The number of thioether (sulfide) groups is 1. The number of carbonyl (C=O) groups is 1. The van der Waals surface area contributed by atoms with Crippen LogP contribution in [0.1, 0.15) is 5.56 Å². The molecule has 8 heteroatoms. The molecule has 27 heavy (non-hydrogen) atoms. The van der Waals surface area contributed by atoms with Crippen LogP contribution < -0.4 is 10.6 Å². The van der Waals surface area contributed by atoms with Crippen LogP contribution in [-0.2, 0) is 11.2 Å². The number of hydrogen-bond acceptors (Lipinski definition) is 7. The summed E-state index contributed by atoms with van der Waals surface area (Å²) in [6.45, 7) is 0. The van der Waals surface area contributed by atoms with Gasteiger partial charge in [0.2, 0.25) is 11.9 Å². The number of nitriles is 1. The van der Waals surface area contributed by atoms with Crippen molar-refractivity contribution in [3.63, 3.8) is 0 Å². The fraction of sp³-hybridized carbons (Fsp3) is 0.105. The van der Waals surface area contributed by atoms with E-state index in [0.29, 0.717) is 29.1 Å². The van der Waals surface area contributed by atoms with Gasteiger partial charge in [-0.15, -0.1) is 0 Å². The molecule has 3 aromatic rings. The molecule has 0 saturated carbocycles. The summed E-state index contributed by atoms with van der Waals surface area (Å²) in [4.78, 5) is 25.0. The number of aromatic nitrogens is 2. The number of para-hydroxylation sites is 1. The van der Waals surface area contributed by atoms with E-state index < -0.39 is 0 Å². The van der Waals surface area contributed by atoms with Crippen molar-refractivity contribution in [3.8, 4) is 6.07 Å². The molecule has 0 spiro atoms. The summed E-state index contributed by atoms with van der Waals surface area (Å²) in [5.41, 5.74) is 2.52. The highest BCUT2D eigenvalue weighted by molar-refractivity contribution is 8.15. The lowest BCUT2D eigenvalue weighted by atomic mass is 10.1. The Bertz CT molecular complexity index is 1090. The minimum atomic E-state index is -0.0621. The van der Waals surface area contributed by atoms with Crippen LogP contribution in [0.25, 0.3) is 10.9 Å². The van der Waals surface area contributed by atoms with E-state index in [1.807, 2.05) is 48.5 Å². The van der Waals surface area contributed by atoms with Crippen molar-refractivity contribution in [3.05, 3.63) is 54.1 Å². The third-order valence-electron chi connectivity index (χ3n) is 3.87. The molecule has 0 aliphatic carbocycles. The van der Waals surface area contributed by atoms with Gasteiger partial charge in [-0.3, -0.25) is 4.79 Å². The minimum absolute atomic E-state index is 0.0621. The molecule has 1 fully saturated rings. The van der Waals surface area contributed by atoms with Crippen molar-refractivity contribution in [2.24, 2.45) is 4.99 Å². The summed E-state index contributed by atoms with van der Waals surface area (Å²) in [6.07, 6.45) is 0.373. The predicted molar refractivity (Wildman–Crippen MR) is 106 cm³/mol. The Labute approximate surface area is 159 Å². The Hall–Kier alpha value is -3.44. The van der Waals surface area contributed by atoms with Crippen LogP contribution >= 0.6 is 11.8 Å². The number of nitrogens with one attached hydrogen (secondary N) is 2. The molecule has 1 aliphatic heterocycles. The highest BCUT2D eigenvalue weighted by Crippen LogP contribution is 2.27. The van der Waals surface area contributed by atoms with Gasteiger partial charge in [-0.1, -0.05) is 36.0 Å².